The van der Waals surface area contributed by atoms with Gasteiger partial charge in [-0.15, -0.1) is 0 Å². The van der Waals surface area contributed by atoms with Gasteiger partial charge in [-0.3, -0.25) is 0 Å². The Morgan fingerprint density at radius 2 is 2.17 bits per heavy atom. The first-order valence-corrected chi connectivity index (χ1v) is 6.41. The maximum absolute atomic E-state index is 13.5. The van der Waals surface area contributed by atoms with Crippen LogP contribution in [0.2, 0.25) is 0 Å². The van der Waals surface area contributed by atoms with Crippen molar-refractivity contribution in [2.24, 2.45) is 11.7 Å². The van der Waals surface area contributed by atoms with Crippen molar-refractivity contribution in [3.63, 3.8) is 0 Å². The molecular formula is C14H18FN3. The number of nitriles is 1. The largest absolute Gasteiger partial charge is 0.380 e. The van der Waals surface area contributed by atoms with Gasteiger partial charge in [0.2, 0.25) is 0 Å². The van der Waals surface area contributed by atoms with E-state index in [2.05, 4.69) is 5.32 Å². The molecule has 1 saturated carbocycles. The first kappa shape index (κ1) is 12.8. The van der Waals surface area contributed by atoms with Crippen molar-refractivity contribution < 1.29 is 4.39 Å². The minimum absolute atomic E-state index is 0.0777. The van der Waals surface area contributed by atoms with Crippen LogP contribution in [0, 0.1) is 23.1 Å². The Balaban J connectivity index is 2.17. The normalized spacial score (nSPS) is 17.4. The zero-order chi connectivity index (χ0) is 13.0. The van der Waals surface area contributed by atoms with Crippen molar-refractivity contribution in [2.75, 3.05) is 11.9 Å². The third kappa shape index (κ3) is 2.62. The van der Waals surface area contributed by atoms with E-state index < -0.39 is 5.82 Å². The Hall–Kier alpha value is -1.60. The molecule has 1 unspecified atom stereocenters. The van der Waals surface area contributed by atoms with Gasteiger partial charge in [0.25, 0.3) is 0 Å². The van der Waals surface area contributed by atoms with E-state index in [1.807, 2.05) is 6.07 Å². The number of rotatable bonds is 4. The molecule has 96 valence electrons. The monoisotopic (exact) mass is 247 g/mol. The summed E-state index contributed by atoms with van der Waals surface area (Å²) in [4.78, 5) is 0. The summed E-state index contributed by atoms with van der Waals surface area (Å²) in [5.74, 6) is 0.0505. The molecular weight excluding hydrogens is 229 g/mol. The first-order chi connectivity index (χ1) is 8.76. The number of nitrogens with one attached hydrogen (secondary N) is 1. The maximum atomic E-state index is 13.5. The van der Waals surface area contributed by atoms with Gasteiger partial charge in [0.05, 0.1) is 5.69 Å². The fourth-order valence-corrected chi connectivity index (χ4v) is 2.69. The van der Waals surface area contributed by atoms with Crippen LogP contribution in [-0.4, -0.2) is 12.6 Å². The highest BCUT2D eigenvalue weighted by Crippen LogP contribution is 2.30. The highest BCUT2D eigenvalue weighted by Gasteiger charge is 2.24. The van der Waals surface area contributed by atoms with Crippen molar-refractivity contribution in [1.29, 1.82) is 5.26 Å². The maximum Gasteiger partial charge on any atom is 0.143 e. The highest BCUT2D eigenvalue weighted by molar-refractivity contribution is 5.58. The molecule has 1 fully saturated rings. The van der Waals surface area contributed by atoms with Crippen molar-refractivity contribution >= 4 is 5.69 Å². The Bertz CT molecular complexity index is 447. The molecule has 1 aromatic rings. The van der Waals surface area contributed by atoms with E-state index in [1.165, 1.54) is 18.9 Å². The van der Waals surface area contributed by atoms with E-state index >= 15 is 0 Å². The van der Waals surface area contributed by atoms with E-state index in [9.17, 15) is 4.39 Å². The van der Waals surface area contributed by atoms with Gasteiger partial charge in [0, 0.05) is 12.6 Å². The van der Waals surface area contributed by atoms with Crippen LogP contribution in [0.4, 0.5) is 10.1 Å². The average molecular weight is 247 g/mol. The van der Waals surface area contributed by atoms with Gasteiger partial charge in [-0.25, -0.2) is 4.39 Å². The van der Waals surface area contributed by atoms with Gasteiger partial charge in [-0.1, -0.05) is 18.9 Å². The van der Waals surface area contributed by atoms with Gasteiger partial charge in [-0.05, 0) is 30.9 Å². The highest BCUT2D eigenvalue weighted by atomic mass is 19.1. The lowest BCUT2D eigenvalue weighted by molar-refractivity contribution is 0.462. The Labute approximate surface area is 107 Å². The van der Waals surface area contributed by atoms with Gasteiger partial charge in [0.15, 0.2) is 0 Å². The van der Waals surface area contributed by atoms with Crippen LogP contribution in [0.5, 0.6) is 0 Å². The zero-order valence-electron chi connectivity index (χ0n) is 10.3. The lowest BCUT2D eigenvalue weighted by atomic mass is 9.97. The minimum atomic E-state index is -0.482. The SMILES string of the molecule is N#Cc1c(F)cccc1NC(CN)C1CCCC1. The van der Waals surface area contributed by atoms with Gasteiger partial charge in [0.1, 0.15) is 17.4 Å². The zero-order valence-corrected chi connectivity index (χ0v) is 10.3. The summed E-state index contributed by atoms with van der Waals surface area (Å²) in [7, 11) is 0. The second-order valence-corrected chi connectivity index (χ2v) is 4.81. The molecule has 0 saturated heterocycles. The Morgan fingerprint density at radius 1 is 1.44 bits per heavy atom. The molecule has 3 N–H and O–H groups in total. The smallest absolute Gasteiger partial charge is 0.143 e. The van der Waals surface area contributed by atoms with Crippen LogP contribution in [0.25, 0.3) is 0 Å². The van der Waals surface area contributed by atoms with Crippen LogP contribution in [0.15, 0.2) is 18.2 Å². The molecule has 4 heteroatoms. The molecule has 0 aromatic heterocycles. The molecule has 2 rings (SSSR count). The van der Waals surface area contributed by atoms with Crippen LogP contribution >= 0.6 is 0 Å². The fraction of sp³-hybridized carbons (Fsp3) is 0.500. The fourth-order valence-electron chi connectivity index (χ4n) is 2.69. The quantitative estimate of drug-likeness (QED) is 0.859. The molecule has 0 amide bonds. The predicted molar refractivity (Wildman–Crippen MR) is 69.5 cm³/mol. The summed E-state index contributed by atoms with van der Waals surface area (Å²) in [5.41, 5.74) is 6.42. The van der Waals surface area contributed by atoms with Crippen molar-refractivity contribution in [3.05, 3.63) is 29.6 Å². The number of nitrogens with two attached hydrogens (primary N) is 1. The lowest BCUT2D eigenvalue weighted by Crippen LogP contribution is -2.35. The molecule has 0 aliphatic heterocycles. The molecule has 18 heavy (non-hydrogen) atoms. The molecule has 1 aliphatic rings. The van der Waals surface area contributed by atoms with Crippen LogP contribution in [0.1, 0.15) is 31.2 Å². The standard InChI is InChI=1S/C14H18FN3/c15-12-6-3-7-13(11(12)8-16)18-14(9-17)10-4-1-2-5-10/h3,6-7,10,14,18H,1-2,4-5,9,17H2. The molecule has 0 bridgehead atoms. The molecule has 0 spiro atoms. The number of anilines is 1. The second-order valence-electron chi connectivity index (χ2n) is 4.81. The van der Waals surface area contributed by atoms with Crippen LogP contribution < -0.4 is 11.1 Å². The van der Waals surface area contributed by atoms with E-state index in [0.29, 0.717) is 18.2 Å². The third-order valence-corrected chi connectivity index (χ3v) is 3.69. The summed E-state index contributed by atoms with van der Waals surface area (Å²) in [6, 6.07) is 6.68. The molecule has 1 atom stereocenters. The summed E-state index contributed by atoms with van der Waals surface area (Å²) in [6.45, 7) is 0.506. The predicted octanol–water partition coefficient (Wildman–Crippen LogP) is 2.63. The molecule has 0 heterocycles. The van der Waals surface area contributed by atoms with E-state index in [1.54, 1.807) is 12.1 Å². The summed E-state index contributed by atoms with van der Waals surface area (Å²) < 4.78 is 13.5. The topological polar surface area (TPSA) is 61.8 Å². The van der Waals surface area contributed by atoms with Gasteiger partial charge < -0.3 is 11.1 Å². The van der Waals surface area contributed by atoms with Crippen LogP contribution in [-0.2, 0) is 0 Å². The van der Waals surface area contributed by atoms with E-state index in [0.717, 1.165) is 12.8 Å². The van der Waals surface area contributed by atoms with E-state index in [-0.39, 0.29) is 11.6 Å². The molecule has 1 aromatic carbocycles. The second kappa shape index (κ2) is 5.83. The van der Waals surface area contributed by atoms with Crippen molar-refractivity contribution in [1.82, 2.24) is 0 Å². The Kier molecular flexibility index (Phi) is 4.16. The number of benzene rings is 1. The average Bonchev–Trinajstić information content (AvgIpc) is 2.89. The molecule has 0 radical (unpaired) electrons. The number of nitrogens with zero attached hydrogens (tertiary/aromatic N) is 1. The lowest BCUT2D eigenvalue weighted by Gasteiger charge is -2.24. The number of hydrogen-bond donors (Lipinski definition) is 2. The van der Waals surface area contributed by atoms with Gasteiger partial charge >= 0.3 is 0 Å². The summed E-state index contributed by atoms with van der Waals surface area (Å²) >= 11 is 0. The van der Waals surface area contributed by atoms with Crippen LogP contribution in [0.3, 0.4) is 0 Å². The summed E-state index contributed by atoms with van der Waals surface area (Å²) in [6.07, 6.45) is 4.78. The number of halogens is 1. The number of hydrogen-bond acceptors (Lipinski definition) is 3. The Morgan fingerprint density at radius 3 is 2.78 bits per heavy atom. The van der Waals surface area contributed by atoms with E-state index in [4.69, 9.17) is 11.0 Å². The molecule has 3 nitrogen and oxygen atoms in total. The van der Waals surface area contributed by atoms with Crippen molar-refractivity contribution in [2.45, 2.75) is 31.7 Å². The summed E-state index contributed by atoms with van der Waals surface area (Å²) in [5, 5.41) is 12.2. The van der Waals surface area contributed by atoms with Crippen molar-refractivity contribution in [3.8, 4) is 6.07 Å². The van der Waals surface area contributed by atoms with Gasteiger partial charge in [-0.2, -0.15) is 5.26 Å². The third-order valence-electron chi connectivity index (χ3n) is 3.69. The minimum Gasteiger partial charge on any atom is -0.380 e. The first-order valence-electron chi connectivity index (χ1n) is 6.41. The molecule has 1 aliphatic carbocycles.